The molecule has 0 N–H and O–H groups in total. The highest BCUT2D eigenvalue weighted by atomic mass is 35.5. The fourth-order valence-corrected chi connectivity index (χ4v) is 1.75. The molecule has 0 aliphatic rings. The number of benzene rings is 1. The van der Waals surface area contributed by atoms with Gasteiger partial charge in [-0.2, -0.15) is 5.26 Å². The minimum atomic E-state index is 0.134. The Kier molecular flexibility index (Phi) is 4.65. The zero-order valence-electron chi connectivity index (χ0n) is 10.6. The lowest BCUT2D eigenvalue weighted by Crippen LogP contribution is -2.28. The van der Waals surface area contributed by atoms with E-state index in [2.05, 4.69) is 6.07 Å². The number of hydrogen-bond acceptors (Lipinski definition) is 3. The second kappa shape index (κ2) is 5.79. The summed E-state index contributed by atoms with van der Waals surface area (Å²) in [6.45, 7) is 3.96. The van der Waals surface area contributed by atoms with E-state index < -0.39 is 0 Å². The number of aryl methyl sites for hydroxylation is 1. The van der Waals surface area contributed by atoms with Crippen molar-refractivity contribution in [1.82, 2.24) is 0 Å². The van der Waals surface area contributed by atoms with Gasteiger partial charge >= 0.3 is 0 Å². The molecule has 17 heavy (non-hydrogen) atoms. The van der Waals surface area contributed by atoms with Gasteiger partial charge in [0.2, 0.25) is 0 Å². The summed E-state index contributed by atoms with van der Waals surface area (Å²) in [7, 11) is 3.57. The minimum Gasteiger partial charge on any atom is -0.495 e. The van der Waals surface area contributed by atoms with E-state index in [1.165, 1.54) is 0 Å². The Bertz CT molecular complexity index is 440. The van der Waals surface area contributed by atoms with Crippen molar-refractivity contribution < 1.29 is 4.74 Å². The van der Waals surface area contributed by atoms with Crippen molar-refractivity contribution in [3.63, 3.8) is 0 Å². The van der Waals surface area contributed by atoms with E-state index in [1.54, 1.807) is 7.11 Å². The Morgan fingerprint density at radius 2 is 2.18 bits per heavy atom. The molecule has 0 aliphatic heterocycles. The molecule has 0 saturated carbocycles. The van der Waals surface area contributed by atoms with Crippen LogP contribution >= 0.6 is 11.6 Å². The lowest BCUT2D eigenvalue weighted by Gasteiger charge is -2.27. The van der Waals surface area contributed by atoms with Crippen molar-refractivity contribution in [2.24, 2.45) is 0 Å². The van der Waals surface area contributed by atoms with Gasteiger partial charge in [-0.3, -0.25) is 0 Å². The smallest absolute Gasteiger partial charge is 0.143 e. The lowest BCUT2D eigenvalue weighted by molar-refractivity contribution is 0.413. The van der Waals surface area contributed by atoms with Gasteiger partial charge in [-0.15, -0.1) is 0 Å². The molecule has 0 saturated heterocycles. The van der Waals surface area contributed by atoms with E-state index in [4.69, 9.17) is 21.6 Å². The Labute approximate surface area is 108 Å². The van der Waals surface area contributed by atoms with Crippen LogP contribution in [0.4, 0.5) is 5.69 Å². The number of ether oxygens (including phenoxy) is 1. The number of methoxy groups -OCH3 is 1. The molecule has 1 aromatic carbocycles. The first-order valence-electron chi connectivity index (χ1n) is 5.45. The first-order valence-corrected chi connectivity index (χ1v) is 5.83. The second-order valence-corrected chi connectivity index (χ2v) is 4.50. The van der Waals surface area contributed by atoms with E-state index in [0.717, 1.165) is 17.0 Å². The number of halogens is 1. The average Bonchev–Trinajstić information content (AvgIpc) is 2.31. The first-order chi connectivity index (χ1) is 8.01. The quantitative estimate of drug-likeness (QED) is 0.824. The topological polar surface area (TPSA) is 36.3 Å². The normalized spacial score (nSPS) is 11.8. The molecule has 0 radical (unpaired) electrons. The van der Waals surface area contributed by atoms with Crippen LogP contribution in [-0.2, 0) is 0 Å². The van der Waals surface area contributed by atoms with Gasteiger partial charge < -0.3 is 9.64 Å². The minimum absolute atomic E-state index is 0.134. The van der Waals surface area contributed by atoms with Crippen LogP contribution in [0.1, 0.15) is 18.9 Å². The first kappa shape index (κ1) is 13.7. The molecule has 1 aromatic rings. The van der Waals surface area contributed by atoms with E-state index >= 15 is 0 Å². The molecule has 4 heteroatoms. The van der Waals surface area contributed by atoms with Crippen molar-refractivity contribution >= 4 is 17.3 Å². The van der Waals surface area contributed by atoms with Crippen molar-refractivity contribution in [2.75, 3.05) is 19.1 Å². The SMILES string of the molecule is COc1cc(Cl)c(C)cc1N(C)C(C)CC#N. The number of rotatable bonds is 4. The summed E-state index contributed by atoms with van der Waals surface area (Å²) in [5, 5.41) is 9.42. The molecule has 0 spiro atoms. The van der Waals surface area contributed by atoms with E-state index in [0.29, 0.717) is 11.4 Å². The third-order valence-electron chi connectivity index (χ3n) is 2.89. The highest BCUT2D eigenvalue weighted by Crippen LogP contribution is 2.34. The van der Waals surface area contributed by atoms with Gasteiger partial charge in [-0.1, -0.05) is 11.6 Å². The molecule has 1 atom stereocenters. The molecular formula is C13H17ClN2O. The highest BCUT2D eigenvalue weighted by Gasteiger charge is 2.15. The molecule has 1 unspecified atom stereocenters. The number of nitriles is 1. The molecule has 0 heterocycles. The Morgan fingerprint density at radius 3 is 2.71 bits per heavy atom. The van der Waals surface area contributed by atoms with Gasteiger partial charge in [-0.05, 0) is 25.5 Å². The fourth-order valence-electron chi connectivity index (χ4n) is 1.59. The average molecular weight is 253 g/mol. The molecule has 0 amide bonds. The van der Waals surface area contributed by atoms with Crippen LogP contribution in [0.25, 0.3) is 0 Å². The summed E-state index contributed by atoms with van der Waals surface area (Å²) < 4.78 is 5.32. The molecule has 3 nitrogen and oxygen atoms in total. The highest BCUT2D eigenvalue weighted by molar-refractivity contribution is 6.31. The van der Waals surface area contributed by atoms with Crippen LogP contribution < -0.4 is 9.64 Å². The van der Waals surface area contributed by atoms with Gasteiger partial charge in [0, 0.05) is 24.2 Å². The Balaban J connectivity index is 3.12. The summed E-state index contributed by atoms with van der Waals surface area (Å²) in [5.74, 6) is 0.730. The molecule has 1 rings (SSSR count). The van der Waals surface area contributed by atoms with Crippen LogP contribution in [0.3, 0.4) is 0 Å². The maximum Gasteiger partial charge on any atom is 0.143 e. The van der Waals surface area contributed by atoms with Crippen molar-refractivity contribution in [3.05, 3.63) is 22.7 Å². The van der Waals surface area contributed by atoms with Crippen LogP contribution in [0, 0.1) is 18.3 Å². The number of anilines is 1. The third kappa shape index (κ3) is 3.04. The molecular weight excluding hydrogens is 236 g/mol. The lowest BCUT2D eigenvalue weighted by atomic mass is 10.1. The maximum atomic E-state index is 8.73. The molecule has 0 aromatic heterocycles. The molecule has 0 bridgehead atoms. The molecule has 0 aliphatic carbocycles. The van der Waals surface area contributed by atoms with Crippen molar-refractivity contribution in [2.45, 2.75) is 26.3 Å². The Morgan fingerprint density at radius 1 is 1.53 bits per heavy atom. The number of nitrogens with zero attached hydrogens (tertiary/aromatic N) is 2. The van der Waals surface area contributed by atoms with E-state index in [-0.39, 0.29) is 6.04 Å². The monoisotopic (exact) mass is 252 g/mol. The summed E-state index contributed by atoms with van der Waals surface area (Å²) in [5.41, 5.74) is 1.95. The van der Waals surface area contributed by atoms with E-state index in [1.807, 2.05) is 37.9 Å². The second-order valence-electron chi connectivity index (χ2n) is 4.10. The molecule has 0 fully saturated rings. The van der Waals surface area contributed by atoms with Crippen LogP contribution in [0.2, 0.25) is 5.02 Å². The summed E-state index contributed by atoms with van der Waals surface area (Å²) in [6, 6.07) is 6.10. The van der Waals surface area contributed by atoms with E-state index in [9.17, 15) is 0 Å². The van der Waals surface area contributed by atoms with Crippen LogP contribution in [0.15, 0.2) is 12.1 Å². The largest absolute Gasteiger partial charge is 0.495 e. The van der Waals surface area contributed by atoms with Crippen molar-refractivity contribution in [3.8, 4) is 11.8 Å². The zero-order chi connectivity index (χ0) is 13.0. The third-order valence-corrected chi connectivity index (χ3v) is 3.30. The predicted molar refractivity (Wildman–Crippen MR) is 70.8 cm³/mol. The van der Waals surface area contributed by atoms with Gasteiger partial charge in [0.25, 0.3) is 0 Å². The summed E-state index contributed by atoms with van der Waals surface area (Å²) >= 11 is 6.06. The maximum absolute atomic E-state index is 8.73. The zero-order valence-corrected chi connectivity index (χ0v) is 11.4. The number of hydrogen-bond donors (Lipinski definition) is 0. The van der Waals surface area contributed by atoms with Gasteiger partial charge in [0.05, 0.1) is 25.3 Å². The fraction of sp³-hybridized carbons (Fsp3) is 0.462. The standard InChI is InChI=1S/C13H17ClN2O/c1-9-7-12(13(17-4)8-11(9)14)16(3)10(2)5-6-15/h7-8,10H,5H2,1-4H3. The predicted octanol–water partition coefficient (Wildman–Crippen LogP) is 3.40. The summed E-state index contributed by atoms with van der Waals surface area (Å²) in [6.07, 6.45) is 0.474. The van der Waals surface area contributed by atoms with Crippen LogP contribution in [-0.4, -0.2) is 20.2 Å². The Hall–Kier alpha value is -1.40. The van der Waals surface area contributed by atoms with Gasteiger partial charge in [0.15, 0.2) is 0 Å². The summed E-state index contributed by atoms with van der Waals surface area (Å²) in [4.78, 5) is 2.03. The van der Waals surface area contributed by atoms with Gasteiger partial charge in [0.1, 0.15) is 5.75 Å². The van der Waals surface area contributed by atoms with Crippen LogP contribution in [0.5, 0.6) is 5.75 Å². The van der Waals surface area contributed by atoms with Crippen molar-refractivity contribution in [1.29, 1.82) is 5.26 Å². The molecule has 92 valence electrons. The van der Waals surface area contributed by atoms with Gasteiger partial charge in [-0.25, -0.2) is 0 Å².